The molecule has 94 valence electrons. The van der Waals surface area contributed by atoms with Crippen LogP contribution in [-0.4, -0.2) is 68.9 Å². The molecule has 0 aliphatic heterocycles. The maximum Gasteiger partial charge on any atom is 0.323 e. The number of aliphatic carboxylic acids is 1. The summed E-state index contributed by atoms with van der Waals surface area (Å²) in [7, 11) is 1.48. The Bertz CT molecular complexity index is 366. The molecule has 17 heavy (non-hydrogen) atoms. The van der Waals surface area contributed by atoms with Crippen molar-refractivity contribution in [2.24, 2.45) is 0 Å². The van der Waals surface area contributed by atoms with E-state index in [0.717, 1.165) is 0 Å². The molecule has 0 unspecified atom stereocenters. The van der Waals surface area contributed by atoms with E-state index in [9.17, 15) is 9.59 Å². The van der Waals surface area contributed by atoms with Crippen LogP contribution in [0.15, 0.2) is 6.33 Å². The number of ether oxygens (including phenoxy) is 1. The van der Waals surface area contributed by atoms with Crippen molar-refractivity contribution in [1.29, 1.82) is 0 Å². The van der Waals surface area contributed by atoms with Crippen molar-refractivity contribution < 1.29 is 19.4 Å². The Morgan fingerprint density at radius 1 is 1.53 bits per heavy atom. The quantitative estimate of drug-likeness (QED) is 0.603. The lowest BCUT2D eigenvalue weighted by Crippen LogP contribution is -2.40. The summed E-state index contributed by atoms with van der Waals surface area (Å²) in [5, 5.41) is 19.0. The van der Waals surface area contributed by atoms with Crippen LogP contribution in [-0.2, 0) is 20.9 Å². The number of aromatic nitrogens is 4. The number of methoxy groups -OCH3 is 1. The number of hydrogen-bond acceptors (Lipinski definition) is 6. The zero-order chi connectivity index (χ0) is 12.7. The average Bonchev–Trinajstić information content (AvgIpc) is 2.76. The van der Waals surface area contributed by atoms with Crippen molar-refractivity contribution in [1.82, 2.24) is 25.1 Å². The molecule has 0 fully saturated rings. The molecule has 1 aromatic rings. The summed E-state index contributed by atoms with van der Waals surface area (Å²) in [4.78, 5) is 23.5. The normalized spacial score (nSPS) is 10.2. The van der Waals surface area contributed by atoms with Gasteiger partial charge in [-0.1, -0.05) is 0 Å². The van der Waals surface area contributed by atoms with Gasteiger partial charge in [0.2, 0.25) is 5.91 Å². The maximum atomic E-state index is 11.7. The molecule has 1 N–H and O–H groups in total. The van der Waals surface area contributed by atoms with Gasteiger partial charge in [0.05, 0.1) is 6.61 Å². The first-order chi connectivity index (χ1) is 8.13. The standard InChI is InChI=1S/C8H13N5O4/c1-17-3-2-12(5-8(15)16)7(14)4-13-6-9-10-11-13/h6H,2-5H2,1H3,(H,15,16). The second-order valence-corrected chi connectivity index (χ2v) is 3.21. The molecule has 0 spiro atoms. The second kappa shape index (κ2) is 6.53. The SMILES string of the molecule is COCCN(CC(=O)O)C(=O)Cn1cnnn1. The highest BCUT2D eigenvalue weighted by Gasteiger charge is 2.17. The summed E-state index contributed by atoms with van der Waals surface area (Å²) in [6, 6.07) is 0. The molecule has 0 saturated carbocycles. The summed E-state index contributed by atoms with van der Waals surface area (Å²) in [6.45, 7) is 0.0205. The fraction of sp³-hybridized carbons (Fsp3) is 0.625. The Hall–Kier alpha value is -2.03. The fourth-order valence-corrected chi connectivity index (χ4v) is 1.15. The molecule has 0 radical (unpaired) electrons. The molecule has 0 aliphatic carbocycles. The minimum absolute atomic E-state index is 0.0933. The Labute approximate surface area is 97.0 Å². The molecule has 1 amide bonds. The van der Waals surface area contributed by atoms with Crippen LogP contribution in [0.2, 0.25) is 0 Å². The lowest BCUT2D eigenvalue weighted by Gasteiger charge is -2.19. The van der Waals surface area contributed by atoms with Gasteiger partial charge in [-0.05, 0) is 10.4 Å². The molecule has 0 saturated heterocycles. The minimum Gasteiger partial charge on any atom is -0.480 e. The van der Waals surface area contributed by atoms with E-state index in [2.05, 4.69) is 15.5 Å². The largest absolute Gasteiger partial charge is 0.480 e. The monoisotopic (exact) mass is 243 g/mol. The molecule has 0 bridgehead atoms. The fourth-order valence-electron chi connectivity index (χ4n) is 1.15. The zero-order valence-electron chi connectivity index (χ0n) is 9.31. The average molecular weight is 243 g/mol. The lowest BCUT2D eigenvalue weighted by atomic mass is 10.4. The van der Waals surface area contributed by atoms with Crippen LogP contribution in [0.25, 0.3) is 0 Å². The number of hydrogen-bond donors (Lipinski definition) is 1. The third kappa shape index (κ3) is 4.55. The van der Waals surface area contributed by atoms with Gasteiger partial charge in [-0.3, -0.25) is 9.59 Å². The number of tetrazole rings is 1. The van der Waals surface area contributed by atoms with Gasteiger partial charge < -0.3 is 14.7 Å². The highest BCUT2D eigenvalue weighted by atomic mass is 16.5. The molecule has 0 atom stereocenters. The molecule has 1 aromatic heterocycles. The van der Waals surface area contributed by atoms with Crippen molar-refractivity contribution in [3.05, 3.63) is 6.33 Å². The highest BCUT2D eigenvalue weighted by Crippen LogP contribution is 1.93. The summed E-state index contributed by atoms with van der Waals surface area (Å²) < 4.78 is 6.03. The molecular formula is C8H13N5O4. The van der Waals surface area contributed by atoms with Crippen LogP contribution >= 0.6 is 0 Å². The molecule has 0 aliphatic rings. The van der Waals surface area contributed by atoms with Crippen molar-refractivity contribution in [2.75, 3.05) is 26.8 Å². The van der Waals surface area contributed by atoms with Crippen LogP contribution in [0, 0.1) is 0 Å². The Morgan fingerprint density at radius 3 is 2.82 bits per heavy atom. The molecular weight excluding hydrogens is 230 g/mol. The zero-order valence-corrected chi connectivity index (χ0v) is 9.31. The van der Waals surface area contributed by atoms with Crippen molar-refractivity contribution in [2.45, 2.75) is 6.54 Å². The number of carboxylic acids is 1. The predicted molar refractivity (Wildman–Crippen MR) is 53.9 cm³/mol. The Kier molecular flexibility index (Phi) is 5.01. The summed E-state index contributed by atoms with van der Waals surface area (Å²) >= 11 is 0. The van der Waals surface area contributed by atoms with E-state index in [0.29, 0.717) is 0 Å². The van der Waals surface area contributed by atoms with Crippen LogP contribution in [0.1, 0.15) is 0 Å². The maximum absolute atomic E-state index is 11.7. The lowest BCUT2D eigenvalue weighted by molar-refractivity contribution is -0.145. The van der Waals surface area contributed by atoms with Crippen molar-refractivity contribution >= 4 is 11.9 Å². The van der Waals surface area contributed by atoms with Gasteiger partial charge in [0, 0.05) is 13.7 Å². The van der Waals surface area contributed by atoms with Crippen LogP contribution in [0.4, 0.5) is 0 Å². The number of rotatable bonds is 7. The van der Waals surface area contributed by atoms with E-state index in [1.807, 2.05) is 0 Å². The topological polar surface area (TPSA) is 110 Å². The van der Waals surface area contributed by atoms with Crippen molar-refractivity contribution in [3.8, 4) is 0 Å². The van der Waals surface area contributed by atoms with E-state index in [-0.39, 0.29) is 32.1 Å². The molecule has 1 rings (SSSR count). The minimum atomic E-state index is -1.08. The predicted octanol–water partition coefficient (Wildman–Crippen LogP) is -1.77. The van der Waals surface area contributed by atoms with E-state index < -0.39 is 5.97 Å². The number of carboxylic acid groups (broad SMARTS) is 1. The van der Waals surface area contributed by atoms with E-state index >= 15 is 0 Å². The first-order valence-electron chi connectivity index (χ1n) is 4.82. The van der Waals surface area contributed by atoms with Gasteiger partial charge in [0.25, 0.3) is 0 Å². The van der Waals surface area contributed by atoms with Crippen LogP contribution in [0.5, 0.6) is 0 Å². The first kappa shape index (κ1) is 13.0. The van der Waals surface area contributed by atoms with E-state index in [1.165, 1.54) is 23.0 Å². The second-order valence-electron chi connectivity index (χ2n) is 3.21. The highest BCUT2D eigenvalue weighted by molar-refractivity contribution is 5.81. The Morgan fingerprint density at radius 2 is 2.29 bits per heavy atom. The van der Waals surface area contributed by atoms with Gasteiger partial charge in [-0.2, -0.15) is 0 Å². The molecule has 9 heteroatoms. The number of carbonyl (C=O) groups excluding carboxylic acids is 1. The van der Waals surface area contributed by atoms with Gasteiger partial charge in [0.15, 0.2) is 0 Å². The molecule has 9 nitrogen and oxygen atoms in total. The van der Waals surface area contributed by atoms with E-state index in [1.54, 1.807) is 0 Å². The first-order valence-corrected chi connectivity index (χ1v) is 4.82. The van der Waals surface area contributed by atoms with Crippen LogP contribution in [0.3, 0.4) is 0 Å². The van der Waals surface area contributed by atoms with Gasteiger partial charge in [0.1, 0.15) is 19.4 Å². The van der Waals surface area contributed by atoms with Crippen molar-refractivity contribution in [3.63, 3.8) is 0 Å². The van der Waals surface area contributed by atoms with Crippen LogP contribution < -0.4 is 0 Å². The third-order valence-corrected chi connectivity index (χ3v) is 1.93. The molecule has 1 heterocycles. The third-order valence-electron chi connectivity index (χ3n) is 1.93. The van der Waals surface area contributed by atoms with E-state index in [4.69, 9.17) is 9.84 Å². The molecule has 0 aromatic carbocycles. The Balaban J connectivity index is 2.55. The summed E-state index contributed by atoms with van der Waals surface area (Å²) in [5.41, 5.74) is 0. The number of amides is 1. The number of nitrogens with zero attached hydrogens (tertiary/aromatic N) is 5. The smallest absolute Gasteiger partial charge is 0.323 e. The van der Waals surface area contributed by atoms with Gasteiger partial charge in [-0.25, -0.2) is 4.68 Å². The van der Waals surface area contributed by atoms with Gasteiger partial charge in [-0.15, -0.1) is 5.10 Å². The summed E-state index contributed by atoms with van der Waals surface area (Å²) in [6.07, 6.45) is 1.28. The number of carbonyl (C=O) groups is 2. The van der Waals surface area contributed by atoms with Gasteiger partial charge >= 0.3 is 5.97 Å². The summed E-state index contributed by atoms with van der Waals surface area (Å²) in [5.74, 6) is -1.46.